The van der Waals surface area contributed by atoms with Crippen LogP contribution in [-0.4, -0.2) is 14.8 Å². The fourth-order valence-corrected chi connectivity index (χ4v) is 1.25. The van der Waals surface area contributed by atoms with E-state index in [9.17, 15) is 0 Å². The molecular formula is C12H14LiN3. The molecule has 0 saturated carbocycles. The first kappa shape index (κ1) is 13.0. The molecule has 0 amide bonds. The van der Waals surface area contributed by atoms with Gasteiger partial charge in [0.2, 0.25) is 0 Å². The molecule has 0 bridgehead atoms. The molecule has 2 heterocycles. The van der Waals surface area contributed by atoms with E-state index >= 15 is 0 Å². The van der Waals surface area contributed by atoms with Crippen LogP contribution in [0.5, 0.6) is 0 Å². The van der Waals surface area contributed by atoms with Gasteiger partial charge in [-0.15, -0.1) is 6.07 Å². The minimum atomic E-state index is 0. The molecule has 0 saturated heterocycles. The third kappa shape index (κ3) is 2.75. The number of hydrogen-bond donors (Lipinski definition) is 0. The molecule has 0 aliphatic rings. The first-order chi connectivity index (χ1) is 7.07. The van der Waals surface area contributed by atoms with E-state index in [-0.39, 0.29) is 24.3 Å². The summed E-state index contributed by atoms with van der Waals surface area (Å²) in [6.07, 6.45) is 4.82. The Labute approximate surface area is 108 Å². The van der Waals surface area contributed by atoms with Gasteiger partial charge >= 0.3 is 18.9 Å². The van der Waals surface area contributed by atoms with Crippen molar-refractivity contribution in [3.05, 3.63) is 42.4 Å². The van der Waals surface area contributed by atoms with Crippen LogP contribution in [0.4, 0.5) is 0 Å². The van der Waals surface area contributed by atoms with Crippen molar-refractivity contribution >= 4 is 0 Å². The minimum Gasteiger partial charge on any atom is -0.343 e. The predicted octanol–water partition coefficient (Wildman–Crippen LogP) is -0.631. The maximum Gasteiger partial charge on any atom is 1.00 e. The molecular weight excluding hydrogens is 193 g/mol. The smallest absolute Gasteiger partial charge is 0.343 e. The molecule has 0 atom stereocenters. The van der Waals surface area contributed by atoms with Gasteiger partial charge in [0.15, 0.2) is 0 Å². The van der Waals surface area contributed by atoms with Crippen LogP contribution in [0, 0.1) is 6.20 Å². The fourth-order valence-electron chi connectivity index (χ4n) is 1.25. The van der Waals surface area contributed by atoms with Crippen molar-refractivity contribution in [2.24, 2.45) is 0 Å². The first-order valence-corrected chi connectivity index (χ1v) is 4.97. The Balaban J connectivity index is 0.00000128. The predicted molar refractivity (Wildman–Crippen MR) is 58.9 cm³/mol. The molecule has 2 rings (SSSR count). The van der Waals surface area contributed by atoms with E-state index in [1.807, 2.05) is 24.3 Å². The van der Waals surface area contributed by atoms with Crippen LogP contribution in [0.3, 0.4) is 0 Å². The van der Waals surface area contributed by atoms with Gasteiger partial charge < -0.3 is 9.67 Å². The summed E-state index contributed by atoms with van der Waals surface area (Å²) in [5.74, 6) is 0.799. The molecule has 16 heavy (non-hydrogen) atoms. The third-order valence-corrected chi connectivity index (χ3v) is 2.17. The van der Waals surface area contributed by atoms with Crippen molar-refractivity contribution in [2.45, 2.75) is 26.2 Å². The van der Waals surface area contributed by atoms with E-state index in [1.165, 1.54) is 0 Å². The van der Waals surface area contributed by atoms with Crippen molar-refractivity contribution < 1.29 is 18.9 Å². The fraction of sp³-hybridized carbons (Fsp3) is 0.333. The molecule has 2 aromatic heterocycles. The van der Waals surface area contributed by atoms with E-state index < -0.39 is 0 Å². The van der Waals surface area contributed by atoms with Crippen LogP contribution in [0.25, 0.3) is 5.82 Å². The quantitative estimate of drug-likeness (QED) is 0.460. The number of rotatable bonds is 1. The van der Waals surface area contributed by atoms with Crippen LogP contribution < -0.4 is 18.9 Å². The Kier molecular flexibility index (Phi) is 3.96. The van der Waals surface area contributed by atoms with E-state index in [0.29, 0.717) is 0 Å². The second-order valence-corrected chi connectivity index (χ2v) is 4.51. The standard InChI is InChI=1S/C12H14N3.Li/c1-12(2,3)10-7-9-15(14-10)11-6-4-5-8-13-11;/h4-8H,1-3H3;/q-1;+1. The summed E-state index contributed by atoms with van der Waals surface area (Å²) in [5, 5.41) is 4.45. The van der Waals surface area contributed by atoms with Gasteiger partial charge in [-0.2, -0.15) is 0 Å². The monoisotopic (exact) mass is 207 g/mol. The number of aromatic nitrogens is 3. The zero-order valence-electron chi connectivity index (χ0n) is 10.2. The summed E-state index contributed by atoms with van der Waals surface area (Å²) in [5.41, 5.74) is 1.07. The summed E-state index contributed by atoms with van der Waals surface area (Å²) in [4.78, 5) is 4.21. The second-order valence-electron chi connectivity index (χ2n) is 4.51. The average Bonchev–Trinajstić information content (AvgIpc) is 2.67. The van der Waals surface area contributed by atoms with Gasteiger partial charge in [-0.3, -0.25) is 5.10 Å². The van der Waals surface area contributed by atoms with Crippen molar-refractivity contribution in [3.8, 4) is 5.82 Å². The molecule has 0 spiro atoms. The van der Waals surface area contributed by atoms with Crippen molar-refractivity contribution in [1.82, 2.24) is 14.8 Å². The van der Waals surface area contributed by atoms with Crippen molar-refractivity contribution in [2.75, 3.05) is 0 Å². The molecule has 0 N–H and O–H groups in total. The largest absolute Gasteiger partial charge is 1.00 e. The van der Waals surface area contributed by atoms with Gasteiger partial charge in [-0.1, -0.05) is 39.1 Å². The maximum absolute atomic E-state index is 4.45. The molecule has 3 nitrogen and oxygen atoms in total. The molecule has 4 heteroatoms. The Bertz CT molecular complexity index is 443. The summed E-state index contributed by atoms with van der Waals surface area (Å²) >= 11 is 0. The second kappa shape index (κ2) is 4.86. The third-order valence-electron chi connectivity index (χ3n) is 2.17. The summed E-state index contributed by atoms with van der Waals surface area (Å²) in [6, 6.07) is 7.65. The van der Waals surface area contributed by atoms with Crippen LogP contribution in [0.15, 0.2) is 30.5 Å². The normalized spacial score (nSPS) is 10.9. The van der Waals surface area contributed by atoms with Gasteiger partial charge in [-0.25, -0.2) is 0 Å². The molecule has 0 fully saturated rings. The molecule has 2 aromatic rings. The number of hydrogen-bond acceptors (Lipinski definition) is 2. The van der Waals surface area contributed by atoms with Crippen LogP contribution in [0.1, 0.15) is 26.5 Å². The van der Waals surface area contributed by atoms with E-state index in [0.717, 1.165) is 11.5 Å². The Morgan fingerprint density at radius 1 is 1.25 bits per heavy atom. The summed E-state index contributed by atoms with van der Waals surface area (Å²) in [6.45, 7) is 6.39. The van der Waals surface area contributed by atoms with E-state index in [2.05, 4.69) is 37.1 Å². The molecule has 0 aromatic carbocycles. The summed E-state index contributed by atoms with van der Waals surface area (Å²) in [7, 11) is 0. The number of pyridine rings is 1. The topological polar surface area (TPSA) is 30.7 Å². The average molecular weight is 207 g/mol. The zero-order chi connectivity index (χ0) is 10.9. The molecule has 0 aliphatic heterocycles. The van der Waals surface area contributed by atoms with E-state index in [1.54, 1.807) is 10.9 Å². The summed E-state index contributed by atoms with van der Waals surface area (Å²) < 4.78 is 1.68. The number of nitrogens with zero attached hydrogens (tertiary/aromatic N) is 3. The van der Waals surface area contributed by atoms with E-state index in [4.69, 9.17) is 0 Å². The van der Waals surface area contributed by atoms with Gasteiger partial charge in [0, 0.05) is 6.20 Å². The van der Waals surface area contributed by atoms with Gasteiger partial charge in [0.05, 0.1) is 5.82 Å². The molecule has 78 valence electrons. The van der Waals surface area contributed by atoms with Gasteiger partial charge in [0.1, 0.15) is 0 Å². The van der Waals surface area contributed by atoms with Crippen molar-refractivity contribution in [1.29, 1.82) is 0 Å². The van der Waals surface area contributed by atoms with Crippen LogP contribution >= 0.6 is 0 Å². The van der Waals surface area contributed by atoms with Crippen LogP contribution in [0.2, 0.25) is 0 Å². The minimum absolute atomic E-state index is 0. The molecule has 0 radical (unpaired) electrons. The Morgan fingerprint density at radius 3 is 2.50 bits per heavy atom. The van der Waals surface area contributed by atoms with Crippen molar-refractivity contribution in [3.63, 3.8) is 0 Å². The Morgan fingerprint density at radius 2 is 2.00 bits per heavy atom. The molecule has 0 aliphatic carbocycles. The zero-order valence-corrected chi connectivity index (χ0v) is 10.2. The van der Waals surface area contributed by atoms with Crippen LogP contribution in [-0.2, 0) is 5.41 Å². The Hall–Kier alpha value is -1.04. The maximum atomic E-state index is 4.45. The first-order valence-electron chi connectivity index (χ1n) is 4.97. The van der Waals surface area contributed by atoms with Gasteiger partial charge in [-0.05, 0) is 17.2 Å². The van der Waals surface area contributed by atoms with Gasteiger partial charge in [0.25, 0.3) is 0 Å². The molecule has 0 unspecified atom stereocenters. The SMILES string of the molecule is CC(C)(C)c1c[c-]n(-c2ccccn2)n1.[Li+].